The molecule has 8 heteroatoms. The molecule has 0 aliphatic carbocycles. The molecule has 0 saturated carbocycles. The molecule has 8 nitrogen and oxygen atoms in total. The highest BCUT2D eigenvalue weighted by Gasteiger charge is 2.33. The van der Waals surface area contributed by atoms with Crippen LogP contribution in [-0.2, 0) is 30.4 Å². The van der Waals surface area contributed by atoms with Crippen LogP contribution in [0.25, 0.3) is 11.1 Å². The number of hydrogen-bond acceptors (Lipinski definition) is 8. The van der Waals surface area contributed by atoms with Gasteiger partial charge in [-0.25, -0.2) is 0 Å². The standard InChI is InChI=1S/C32H34O8/c1-19-10-26(40-30-18-36-17-29(30)39-21(3)33)11-20(2)32(19)23-7-5-6-22(12-23)15-37-25-8-9-27-24(13-31(34)35-4)16-38-28(27)14-25/h5-12,14,24,29-30H,13,15-18H2,1-4H3/t24-,29-,30-/m1/s1. The lowest BCUT2D eigenvalue weighted by Gasteiger charge is -2.21. The van der Waals surface area contributed by atoms with Crippen molar-refractivity contribution in [2.45, 2.75) is 51.9 Å². The summed E-state index contributed by atoms with van der Waals surface area (Å²) in [6.07, 6.45) is -0.447. The number of carbonyl (C=O) groups excluding carboxylic acids is 2. The summed E-state index contributed by atoms with van der Waals surface area (Å²) in [5, 5.41) is 0. The number of benzene rings is 3. The van der Waals surface area contributed by atoms with Gasteiger partial charge < -0.3 is 28.4 Å². The van der Waals surface area contributed by atoms with Crippen LogP contribution in [0.1, 0.15) is 41.5 Å². The first-order valence-corrected chi connectivity index (χ1v) is 13.4. The van der Waals surface area contributed by atoms with Crippen LogP contribution in [0.3, 0.4) is 0 Å². The van der Waals surface area contributed by atoms with E-state index in [0.29, 0.717) is 38.6 Å². The lowest BCUT2D eigenvalue weighted by molar-refractivity contribution is -0.149. The highest BCUT2D eigenvalue weighted by molar-refractivity contribution is 5.73. The molecule has 0 N–H and O–H groups in total. The fourth-order valence-corrected chi connectivity index (χ4v) is 5.35. The zero-order valence-corrected chi connectivity index (χ0v) is 23.2. The van der Waals surface area contributed by atoms with Crippen LogP contribution in [0.2, 0.25) is 0 Å². The maximum Gasteiger partial charge on any atom is 0.306 e. The van der Waals surface area contributed by atoms with Crippen molar-refractivity contribution in [2.75, 3.05) is 26.9 Å². The number of ether oxygens (including phenoxy) is 6. The first-order chi connectivity index (χ1) is 19.3. The van der Waals surface area contributed by atoms with Gasteiger partial charge in [0.1, 0.15) is 23.9 Å². The number of methoxy groups -OCH3 is 1. The van der Waals surface area contributed by atoms with Crippen LogP contribution in [0.5, 0.6) is 17.2 Å². The Kier molecular flexibility index (Phi) is 8.26. The molecule has 2 aliphatic heterocycles. The van der Waals surface area contributed by atoms with Crippen molar-refractivity contribution in [1.29, 1.82) is 0 Å². The fraction of sp³-hybridized carbons (Fsp3) is 0.375. The van der Waals surface area contributed by atoms with Crippen molar-refractivity contribution in [3.63, 3.8) is 0 Å². The van der Waals surface area contributed by atoms with E-state index in [9.17, 15) is 9.59 Å². The number of carbonyl (C=O) groups is 2. The second-order valence-corrected chi connectivity index (χ2v) is 10.3. The van der Waals surface area contributed by atoms with Crippen LogP contribution in [-0.4, -0.2) is 51.1 Å². The van der Waals surface area contributed by atoms with E-state index in [2.05, 4.69) is 26.0 Å². The van der Waals surface area contributed by atoms with Gasteiger partial charge in [0.25, 0.3) is 0 Å². The predicted octanol–water partition coefficient (Wildman–Crippen LogP) is 5.30. The summed E-state index contributed by atoms with van der Waals surface area (Å²) in [6.45, 7) is 7.09. The van der Waals surface area contributed by atoms with Gasteiger partial charge >= 0.3 is 11.9 Å². The van der Waals surface area contributed by atoms with Crippen molar-refractivity contribution in [3.05, 3.63) is 76.9 Å². The SMILES string of the molecule is COC(=O)C[C@@H]1COc2cc(OCc3cccc(-c4c(C)cc(O[C@@H]5COC[C@H]5OC(C)=O)cc4C)c3)ccc21. The van der Waals surface area contributed by atoms with Gasteiger partial charge in [-0.1, -0.05) is 24.3 Å². The van der Waals surface area contributed by atoms with E-state index >= 15 is 0 Å². The summed E-state index contributed by atoms with van der Waals surface area (Å²) in [5.74, 6) is 1.59. The first-order valence-electron chi connectivity index (χ1n) is 13.4. The van der Waals surface area contributed by atoms with E-state index in [1.807, 2.05) is 42.5 Å². The van der Waals surface area contributed by atoms with E-state index in [-0.39, 0.29) is 24.0 Å². The van der Waals surface area contributed by atoms with Crippen molar-refractivity contribution in [2.24, 2.45) is 0 Å². The van der Waals surface area contributed by atoms with E-state index < -0.39 is 6.10 Å². The number of aryl methyl sites for hydroxylation is 2. The molecular weight excluding hydrogens is 512 g/mol. The van der Waals surface area contributed by atoms with Gasteiger partial charge in [-0.2, -0.15) is 0 Å². The second-order valence-electron chi connectivity index (χ2n) is 10.3. The molecule has 3 aromatic rings. The summed E-state index contributed by atoms with van der Waals surface area (Å²) in [4.78, 5) is 23.1. The van der Waals surface area contributed by atoms with Crippen LogP contribution >= 0.6 is 0 Å². The summed E-state index contributed by atoms with van der Waals surface area (Å²) in [7, 11) is 1.40. The van der Waals surface area contributed by atoms with E-state index in [1.54, 1.807) is 0 Å². The molecule has 2 heterocycles. The van der Waals surface area contributed by atoms with Crippen molar-refractivity contribution in [1.82, 2.24) is 0 Å². The Labute approximate surface area is 234 Å². The molecule has 40 heavy (non-hydrogen) atoms. The van der Waals surface area contributed by atoms with Gasteiger partial charge in [0, 0.05) is 24.5 Å². The predicted molar refractivity (Wildman–Crippen MR) is 148 cm³/mol. The van der Waals surface area contributed by atoms with E-state index in [4.69, 9.17) is 28.4 Å². The molecule has 3 aromatic carbocycles. The molecule has 1 fully saturated rings. The normalized spacial score (nSPS) is 19.4. The maximum atomic E-state index is 11.7. The molecule has 0 unspecified atom stereocenters. The second kappa shape index (κ2) is 12.0. The average Bonchev–Trinajstić information content (AvgIpc) is 3.53. The van der Waals surface area contributed by atoms with Crippen molar-refractivity contribution in [3.8, 4) is 28.4 Å². The molecule has 0 aromatic heterocycles. The third-order valence-corrected chi connectivity index (χ3v) is 7.22. The molecule has 0 radical (unpaired) electrons. The summed E-state index contributed by atoms with van der Waals surface area (Å²) < 4.78 is 33.7. The largest absolute Gasteiger partial charge is 0.492 e. The van der Waals surface area contributed by atoms with Gasteiger partial charge in [-0.3, -0.25) is 9.59 Å². The van der Waals surface area contributed by atoms with E-state index in [0.717, 1.165) is 44.9 Å². The van der Waals surface area contributed by atoms with Gasteiger partial charge in [-0.15, -0.1) is 0 Å². The molecule has 0 amide bonds. The van der Waals surface area contributed by atoms with Crippen LogP contribution < -0.4 is 14.2 Å². The molecule has 210 valence electrons. The summed E-state index contributed by atoms with van der Waals surface area (Å²) in [5.41, 5.74) is 6.42. The molecule has 5 rings (SSSR count). The Bertz CT molecular complexity index is 1370. The Morgan fingerprint density at radius 3 is 2.45 bits per heavy atom. The molecule has 2 aliphatic rings. The van der Waals surface area contributed by atoms with E-state index in [1.165, 1.54) is 14.0 Å². The number of hydrogen-bond donors (Lipinski definition) is 0. The topological polar surface area (TPSA) is 89.5 Å². The molecule has 0 spiro atoms. The average molecular weight is 547 g/mol. The fourth-order valence-electron chi connectivity index (χ4n) is 5.35. The lowest BCUT2D eigenvalue weighted by Crippen LogP contribution is -2.33. The molecular formula is C32H34O8. The highest BCUT2D eigenvalue weighted by Crippen LogP contribution is 2.39. The summed E-state index contributed by atoms with van der Waals surface area (Å²) in [6, 6.07) is 18.1. The van der Waals surface area contributed by atoms with Crippen molar-refractivity contribution >= 4 is 11.9 Å². The lowest BCUT2D eigenvalue weighted by atomic mass is 9.94. The third kappa shape index (κ3) is 6.23. The Morgan fingerprint density at radius 2 is 1.70 bits per heavy atom. The van der Waals surface area contributed by atoms with Gasteiger partial charge in [-0.05, 0) is 65.9 Å². The Morgan fingerprint density at radius 1 is 0.925 bits per heavy atom. The molecule has 0 bridgehead atoms. The quantitative estimate of drug-likeness (QED) is 0.334. The number of fused-ring (bicyclic) bond motifs is 1. The zero-order chi connectivity index (χ0) is 28.2. The monoisotopic (exact) mass is 546 g/mol. The van der Waals surface area contributed by atoms with Crippen LogP contribution in [0.15, 0.2) is 54.6 Å². The summed E-state index contributed by atoms with van der Waals surface area (Å²) >= 11 is 0. The minimum atomic E-state index is -0.409. The third-order valence-electron chi connectivity index (χ3n) is 7.22. The number of rotatable bonds is 9. The molecule has 1 saturated heterocycles. The Hall–Kier alpha value is -4.04. The Balaban J connectivity index is 1.26. The van der Waals surface area contributed by atoms with Gasteiger partial charge in [0.15, 0.2) is 12.2 Å². The van der Waals surface area contributed by atoms with Crippen LogP contribution in [0.4, 0.5) is 0 Å². The highest BCUT2D eigenvalue weighted by atomic mass is 16.6. The van der Waals surface area contributed by atoms with Crippen molar-refractivity contribution < 1.29 is 38.0 Å². The minimum Gasteiger partial charge on any atom is -0.492 e. The van der Waals surface area contributed by atoms with Crippen LogP contribution in [0, 0.1) is 13.8 Å². The molecule has 3 atom stereocenters. The maximum absolute atomic E-state index is 11.7. The smallest absolute Gasteiger partial charge is 0.306 e. The number of esters is 2. The van der Waals surface area contributed by atoms with Gasteiger partial charge in [0.2, 0.25) is 0 Å². The first kappa shape index (κ1) is 27.5. The van der Waals surface area contributed by atoms with Gasteiger partial charge in [0.05, 0.1) is 33.4 Å². The zero-order valence-electron chi connectivity index (χ0n) is 23.2. The minimum absolute atomic E-state index is 0.00162.